The first-order valence-corrected chi connectivity index (χ1v) is 14.9. The van der Waals surface area contributed by atoms with E-state index in [1.807, 2.05) is 11.9 Å². The summed E-state index contributed by atoms with van der Waals surface area (Å²) < 4.78 is 0. The van der Waals surface area contributed by atoms with Crippen LogP contribution < -0.4 is 21.3 Å². The van der Waals surface area contributed by atoms with Crippen LogP contribution in [0.3, 0.4) is 0 Å². The third-order valence-electron chi connectivity index (χ3n) is 6.52. The highest BCUT2D eigenvalue weighted by Crippen LogP contribution is 2.16. The lowest BCUT2D eigenvalue weighted by Crippen LogP contribution is -2.43. The summed E-state index contributed by atoms with van der Waals surface area (Å²) in [5.74, 6) is -1.08. The molecule has 0 fully saturated rings. The molecule has 0 aliphatic heterocycles. The lowest BCUT2D eigenvalue weighted by Gasteiger charge is -2.25. The summed E-state index contributed by atoms with van der Waals surface area (Å²) in [5.41, 5.74) is 0. The molecule has 3 atom stereocenters. The monoisotopic (exact) mass is 592 g/mol. The number of aliphatic hydroxyl groups excluding tert-OH is 2. The molecule has 234 valence electrons. The Balaban J connectivity index is 4.48. The molecule has 0 heterocycles. The lowest BCUT2D eigenvalue weighted by molar-refractivity contribution is -0.130. The molecule has 3 unspecified atom stereocenters. The van der Waals surface area contributed by atoms with Gasteiger partial charge in [0.2, 0.25) is 17.7 Å². The Morgan fingerprint density at radius 3 is 1.75 bits per heavy atom. The van der Waals surface area contributed by atoms with Crippen LogP contribution in [0, 0.1) is 5.92 Å². The highest BCUT2D eigenvalue weighted by atomic mass is 35.5. The zero-order valence-electron chi connectivity index (χ0n) is 24.8. The van der Waals surface area contributed by atoms with Crippen molar-refractivity contribution in [3.05, 3.63) is 0 Å². The summed E-state index contributed by atoms with van der Waals surface area (Å²) >= 11 is 5.71. The molecule has 0 aliphatic rings. The molecular formula is C27H53ClN6O6. The predicted molar refractivity (Wildman–Crippen MR) is 157 cm³/mol. The smallest absolute Gasteiger partial charge is 0.229 e. The number of rotatable bonds is 25. The minimum atomic E-state index is -0.772. The average Bonchev–Trinajstić information content (AvgIpc) is 2.89. The van der Waals surface area contributed by atoms with E-state index >= 15 is 0 Å². The second-order valence-corrected chi connectivity index (χ2v) is 10.4. The number of halogens is 1. The standard InChI is InChI=1S/C27H53ClN6O6/c1-5-33(6-2)19-23(36)16-22(7-9-29-4)8-10-30-26(39)17-27(40)32-12-14-34(20-24(37)18-28)13-11-31-25(38)15-21(3)35/h22-24,29,36-37H,5-20H2,1-4H3,(H,30,39)(H,31,38)(H,32,40). The fraction of sp³-hybridized carbons (Fsp3) is 0.852. The van der Waals surface area contributed by atoms with Crippen LogP contribution in [0.1, 0.15) is 52.9 Å². The van der Waals surface area contributed by atoms with Crippen LogP contribution >= 0.6 is 11.6 Å². The minimum Gasteiger partial charge on any atom is -0.392 e. The number of nitrogens with zero attached hydrogens (tertiary/aromatic N) is 2. The van der Waals surface area contributed by atoms with E-state index in [-0.39, 0.29) is 61.9 Å². The first-order valence-electron chi connectivity index (χ1n) is 14.3. The number of Topliss-reactive ketones (excluding diaryl/α,β-unsaturated/α-hetero) is 1. The number of hydrogen-bond acceptors (Lipinski definition) is 9. The molecule has 0 aliphatic carbocycles. The molecule has 0 aromatic carbocycles. The summed E-state index contributed by atoms with van der Waals surface area (Å²) in [6.07, 6.45) is 0.581. The van der Waals surface area contributed by atoms with Crippen LogP contribution in [0.15, 0.2) is 0 Å². The summed E-state index contributed by atoms with van der Waals surface area (Å²) in [5, 5.41) is 31.7. The Kier molecular flexibility index (Phi) is 22.7. The number of hydrogen-bond donors (Lipinski definition) is 6. The van der Waals surface area contributed by atoms with Gasteiger partial charge in [-0.1, -0.05) is 13.8 Å². The molecule has 13 heteroatoms. The predicted octanol–water partition coefficient (Wildman–Crippen LogP) is -0.685. The third-order valence-corrected chi connectivity index (χ3v) is 6.88. The van der Waals surface area contributed by atoms with Gasteiger partial charge in [0, 0.05) is 51.7 Å². The van der Waals surface area contributed by atoms with Crippen LogP contribution in [-0.4, -0.2) is 134 Å². The Labute approximate surface area is 244 Å². The Morgan fingerprint density at radius 2 is 1.25 bits per heavy atom. The fourth-order valence-corrected chi connectivity index (χ4v) is 4.39. The molecule has 0 saturated heterocycles. The SMILES string of the molecule is CCN(CC)CC(O)CC(CCNC)CCNC(=O)CC(=O)NCCN(CCNC(=O)CC(C)=O)CC(O)CCl. The lowest BCUT2D eigenvalue weighted by atomic mass is 9.94. The Hall–Kier alpha value is -1.83. The fourth-order valence-electron chi connectivity index (χ4n) is 4.29. The maximum Gasteiger partial charge on any atom is 0.229 e. The van der Waals surface area contributed by atoms with Gasteiger partial charge in [0.05, 0.1) is 18.6 Å². The van der Waals surface area contributed by atoms with Gasteiger partial charge in [-0.25, -0.2) is 0 Å². The number of likely N-dealkylation sites (N-methyl/N-ethyl adjacent to an activating group) is 1. The van der Waals surface area contributed by atoms with Crippen molar-refractivity contribution in [2.75, 3.05) is 78.4 Å². The number of ketones is 1. The van der Waals surface area contributed by atoms with Gasteiger partial charge in [0.15, 0.2) is 0 Å². The summed E-state index contributed by atoms with van der Waals surface area (Å²) in [6.45, 7) is 10.7. The first kappa shape index (κ1) is 38.2. The van der Waals surface area contributed by atoms with E-state index in [0.717, 1.165) is 26.1 Å². The molecule has 6 N–H and O–H groups in total. The van der Waals surface area contributed by atoms with Gasteiger partial charge >= 0.3 is 0 Å². The van der Waals surface area contributed by atoms with Gasteiger partial charge in [-0.05, 0) is 58.8 Å². The van der Waals surface area contributed by atoms with Crippen molar-refractivity contribution in [2.45, 2.75) is 65.1 Å². The topological polar surface area (TPSA) is 163 Å². The number of carbonyl (C=O) groups excluding carboxylic acids is 4. The summed E-state index contributed by atoms with van der Waals surface area (Å²) in [7, 11) is 1.89. The molecule has 0 radical (unpaired) electrons. The molecular weight excluding hydrogens is 540 g/mol. The van der Waals surface area contributed by atoms with Crippen molar-refractivity contribution >= 4 is 35.1 Å². The van der Waals surface area contributed by atoms with Gasteiger partial charge in [-0.15, -0.1) is 11.6 Å². The van der Waals surface area contributed by atoms with Crippen molar-refractivity contribution in [3.8, 4) is 0 Å². The molecule has 40 heavy (non-hydrogen) atoms. The van der Waals surface area contributed by atoms with Gasteiger partial charge in [0.25, 0.3) is 0 Å². The van der Waals surface area contributed by atoms with Crippen molar-refractivity contribution in [1.29, 1.82) is 0 Å². The molecule has 3 amide bonds. The van der Waals surface area contributed by atoms with Crippen LogP contribution in [0.4, 0.5) is 0 Å². The van der Waals surface area contributed by atoms with E-state index in [1.165, 1.54) is 6.92 Å². The van der Waals surface area contributed by atoms with Gasteiger partial charge < -0.3 is 36.4 Å². The largest absolute Gasteiger partial charge is 0.392 e. The van der Waals surface area contributed by atoms with Gasteiger partial charge in [-0.2, -0.15) is 0 Å². The van der Waals surface area contributed by atoms with E-state index in [0.29, 0.717) is 39.0 Å². The van der Waals surface area contributed by atoms with Crippen LogP contribution in [0.5, 0.6) is 0 Å². The second kappa shape index (κ2) is 23.8. The molecule has 12 nitrogen and oxygen atoms in total. The molecule has 0 spiro atoms. The highest BCUT2D eigenvalue weighted by Gasteiger charge is 2.18. The van der Waals surface area contributed by atoms with Gasteiger partial charge in [0.1, 0.15) is 12.2 Å². The number of nitrogens with one attached hydrogen (secondary N) is 4. The van der Waals surface area contributed by atoms with E-state index in [1.54, 1.807) is 0 Å². The number of amides is 3. The number of alkyl halides is 1. The zero-order valence-corrected chi connectivity index (χ0v) is 25.6. The van der Waals surface area contributed by atoms with Crippen LogP contribution in [-0.2, 0) is 19.2 Å². The van der Waals surface area contributed by atoms with Crippen molar-refractivity contribution in [2.24, 2.45) is 5.92 Å². The number of carbonyl (C=O) groups is 4. The normalized spacial score (nSPS) is 13.6. The Bertz CT molecular complexity index is 728. The molecule has 0 aromatic rings. The maximum absolute atomic E-state index is 12.3. The quantitative estimate of drug-likeness (QED) is 0.0595. The van der Waals surface area contributed by atoms with Crippen molar-refractivity contribution in [3.63, 3.8) is 0 Å². The molecule has 0 aromatic heterocycles. The van der Waals surface area contributed by atoms with Crippen LogP contribution in [0.2, 0.25) is 0 Å². The zero-order chi connectivity index (χ0) is 30.3. The second-order valence-electron chi connectivity index (χ2n) is 10.1. The van der Waals surface area contributed by atoms with Crippen molar-refractivity contribution < 1.29 is 29.4 Å². The minimum absolute atomic E-state index is 0.0461. The van der Waals surface area contributed by atoms with Gasteiger partial charge in [-0.3, -0.25) is 24.1 Å². The van der Waals surface area contributed by atoms with E-state index in [9.17, 15) is 29.4 Å². The number of aliphatic hydroxyl groups is 2. The van der Waals surface area contributed by atoms with Crippen LogP contribution in [0.25, 0.3) is 0 Å². The molecule has 0 saturated carbocycles. The Morgan fingerprint density at radius 1 is 0.750 bits per heavy atom. The first-order chi connectivity index (χ1) is 19.0. The third kappa shape index (κ3) is 21.0. The van der Waals surface area contributed by atoms with Crippen molar-refractivity contribution in [1.82, 2.24) is 31.1 Å². The summed E-state index contributed by atoms with van der Waals surface area (Å²) in [4.78, 5) is 51.3. The van der Waals surface area contributed by atoms with E-state index in [2.05, 4.69) is 40.0 Å². The highest BCUT2D eigenvalue weighted by molar-refractivity contribution is 6.18. The molecule has 0 rings (SSSR count). The van der Waals surface area contributed by atoms with E-state index in [4.69, 9.17) is 11.6 Å². The molecule has 0 bridgehead atoms. The van der Waals surface area contributed by atoms with E-state index < -0.39 is 18.1 Å². The average molecular weight is 593 g/mol. The summed E-state index contributed by atoms with van der Waals surface area (Å²) in [6, 6.07) is 0. The maximum atomic E-state index is 12.3.